The molecule has 0 bridgehead atoms. The molecule has 2 heterocycles. The molecule has 30 heavy (non-hydrogen) atoms. The number of fused-ring (bicyclic) bond motifs is 3. The van der Waals surface area contributed by atoms with Crippen LogP contribution in [0.3, 0.4) is 0 Å². The third-order valence-electron chi connectivity index (χ3n) is 5.75. The van der Waals surface area contributed by atoms with Crippen LogP contribution in [-0.2, 0) is 0 Å². The van der Waals surface area contributed by atoms with Gasteiger partial charge in [-0.25, -0.2) is 0 Å². The van der Waals surface area contributed by atoms with Crippen LogP contribution in [0.4, 0.5) is 0 Å². The molecule has 3 aromatic rings. The third-order valence-corrected chi connectivity index (χ3v) is 5.75. The number of furan rings is 1. The largest absolute Gasteiger partial charge is 0.506 e. The minimum absolute atomic E-state index is 0.0305. The minimum atomic E-state index is -0.736. The highest BCUT2D eigenvalue weighted by molar-refractivity contribution is 6.33. The van der Waals surface area contributed by atoms with E-state index in [4.69, 9.17) is 4.42 Å². The molecule has 0 saturated carbocycles. The van der Waals surface area contributed by atoms with Crippen molar-refractivity contribution in [3.8, 4) is 11.5 Å². The zero-order valence-corrected chi connectivity index (χ0v) is 16.1. The number of phenolic OH excluding ortho intramolecular Hbond substituents is 2. The van der Waals surface area contributed by atoms with Crippen LogP contribution in [0.15, 0.2) is 28.7 Å². The van der Waals surface area contributed by atoms with E-state index in [9.17, 15) is 24.6 Å². The molecule has 1 aliphatic carbocycles. The summed E-state index contributed by atoms with van der Waals surface area (Å²) in [6.07, 6.45) is 0. The van der Waals surface area contributed by atoms with Crippen LogP contribution in [0.25, 0.3) is 10.8 Å². The first-order valence-corrected chi connectivity index (χ1v) is 9.61. The summed E-state index contributed by atoms with van der Waals surface area (Å²) in [6, 6.07) is 6.39. The van der Waals surface area contributed by atoms with Crippen LogP contribution in [0.2, 0.25) is 0 Å². The number of carbonyl (C=O) groups is 3. The highest BCUT2D eigenvalue weighted by Gasteiger charge is 2.43. The van der Waals surface area contributed by atoms with Crippen LogP contribution >= 0.6 is 0 Å². The minimum Gasteiger partial charge on any atom is -0.506 e. The number of piperazine rings is 1. The average Bonchev–Trinajstić information content (AvgIpc) is 3.12. The Kier molecular flexibility index (Phi) is 3.94. The normalized spacial score (nSPS) is 16.0. The standard InChI is InChI=1S/C22H18N2O6/c1-10-13(22(29)24-8-6-23-7-9-24)16-19(27)14-15(20(28)21(16)30-10)18(26)12-5-3-2-4-11(12)17(14)25/h2-5,23,25-26H,6-9H2,1H3. The van der Waals surface area contributed by atoms with E-state index in [1.54, 1.807) is 29.2 Å². The van der Waals surface area contributed by atoms with E-state index in [1.165, 1.54) is 6.92 Å². The molecular formula is C22H18N2O6. The number of rotatable bonds is 1. The first-order valence-electron chi connectivity index (χ1n) is 9.61. The van der Waals surface area contributed by atoms with Crippen LogP contribution < -0.4 is 5.32 Å². The molecule has 2 aliphatic rings. The zero-order valence-electron chi connectivity index (χ0n) is 16.1. The van der Waals surface area contributed by atoms with E-state index in [0.29, 0.717) is 26.2 Å². The molecule has 8 heteroatoms. The number of hydrogen-bond acceptors (Lipinski definition) is 7. The maximum absolute atomic E-state index is 13.4. The SMILES string of the molecule is Cc1oc2c(c1C(=O)N1CCNCC1)C(=O)c1c(c(O)c3ccccc3c1O)C2=O. The number of nitrogens with one attached hydrogen (secondary N) is 1. The molecule has 0 radical (unpaired) electrons. The Balaban J connectivity index is 1.75. The summed E-state index contributed by atoms with van der Waals surface area (Å²) in [6.45, 7) is 3.71. The van der Waals surface area contributed by atoms with E-state index in [-0.39, 0.29) is 44.5 Å². The van der Waals surface area contributed by atoms with Gasteiger partial charge in [-0.1, -0.05) is 24.3 Å². The van der Waals surface area contributed by atoms with Gasteiger partial charge in [0.15, 0.2) is 5.76 Å². The van der Waals surface area contributed by atoms with E-state index in [0.717, 1.165) is 0 Å². The van der Waals surface area contributed by atoms with Gasteiger partial charge in [-0.2, -0.15) is 0 Å². The molecule has 0 atom stereocenters. The van der Waals surface area contributed by atoms with Crippen molar-refractivity contribution in [2.75, 3.05) is 26.2 Å². The number of aryl methyl sites for hydroxylation is 1. The maximum Gasteiger partial charge on any atom is 0.258 e. The maximum atomic E-state index is 13.4. The van der Waals surface area contributed by atoms with E-state index in [1.807, 2.05) is 0 Å². The first kappa shape index (κ1) is 18.4. The molecule has 5 rings (SSSR count). The van der Waals surface area contributed by atoms with Crippen molar-refractivity contribution in [3.05, 3.63) is 58.0 Å². The van der Waals surface area contributed by atoms with Crippen LogP contribution in [0.5, 0.6) is 11.5 Å². The quantitative estimate of drug-likeness (QED) is 0.413. The molecule has 0 spiro atoms. The highest BCUT2D eigenvalue weighted by Crippen LogP contribution is 2.45. The van der Waals surface area contributed by atoms with Crippen molar-refractivity contribution in [2.24, 2.45) is 0 Å². The van der Waals surface area contributed by atoms with Crippen LogP contribution in [-0.4, -0.2) is 58.8 Å². The van der Waals surface area contributed by atoms with Gasteiger partial charge in [0.05, 0.1) is 22.3 Å². The fourth-order valence-corrected chi connectivity index (χ4v) is 4.29. The molecule has 8 nitrogen and oxygen atoms in total. The molecule has 1 fully saturated rings. The Bertz CT molecular complexity index is 1270. The summed E-state index contributed by atoms with van der Waals surface area (Å²) in [7, 11) is 0. The van der Waals surface area contributed by atoms with Crippen LogP contribution in [0.1, 0.15) is 48.2 Å². The number of nitrogens with zero attached hydrogens (tertiary/aromatic N) is 1. The zero-order chi connectivity index (χ0) is 21.2. The summed E-state index contributed by atoms with van der Waals surface area (Å²) >= 11 is 0. The van der Waals surface area contributed by atoms with Gasteiger partial charge in [-0.3, -0.25) is 14.4 Å². The van der Waals surface area contributed by atoms with Gasteiger partial charge in [0.2, 0.25) is 11.6 Å². The lowest BCUT2D eigenvalue weighted by molar-refractivity contribution is 0.0730. The van der Waals surface area contributed by atoms with Gasteiger partial charge in [-0.05, 0) is 6.92 Å². The number of ketones is 2. The lowest BCUT2D eigenvalue weighted by atomic mass is 9.83. The number of phenols is 2. The van der Waals surface area contributed by atoms with Crippen molar-refractivity contribution in [1.82, 2.24) is 10.2 Å². The Morgan fingerprint density at radius 2 is 1.53 bits per heavy atom. The van der Waals surface area contributed by atoms with Crippen molar-refractivity contribution < 1.29 is 29.0 Å². The number of amides is 1. The molecule has 152 valence electrons. The molecule has 3 N–H and O–H groups in total. The predicted molar refractivity (Wildman–Crippen MR) is 106 cm³/mol. The summed E-state index contributed by atoms with van der Waals surface area (Å²) in [5.41, 5.74) is -0.737. The number of carbonyl (C=O) groups excluding carboxylic acids is 3. The summed E-state index contributed by atoms with van der Waals surface area (Å²) < 4.78 is 5.57. The van der Waals surface area contributed by atoms with Gasteiger partial charge in [0.25, 0.3) is 5.91 Å². The number of aromatic hydroxyl groups is 2. The number of hydrogen-bond donors (Lipinski definition) is 3. The Morgan fingerprint density at radius 3 is 2.13 bits per heavy atom. The van der Waals surface area contributed by atoms with Crippen molar-refractivity contribution >= 4 is 28.2 Å². The van der Waals surface area contributed by atoms with E-state index in [2.05, 4.69) is 5.32 Å². The fourth-order valence-electron chi connectivity index (χ4n) is 4.29. The Morgan fingerprint density at radius 1 is 0.967 bits per heavy atom. The van der Waals surface area contributed by atoms with Crippen LogP contribution in [0, 0.1) is 6.92 Å². The Hall–Kier alpha value is -3.65. The third kappa shape index (κ3) is 2.34. The monoisotopic (exact) mass is 406 g/mol. The van der Waals surface area contributed by atoms with Crippen molar-refractivity contribution in [2.45, 2.75) is 6.92 Å². The second-order valence-electron chi connectivity index (χ2n) is 7.43. The molecular weight excluding hydrogens is 388 g/mol. The molecule has 2 aromatic carbocycles. The summed E-state index contributed by atoms with van der Waals surface area (Å²) in [5, 5.41) is 25.2. The smallest absolute Gasteiger partial charge is 0.258 e. The lowest BCUT2D eigenvalue weighted by Gasteiger charge is -2.27. The topological polar surface area (TPSA) is 120 Å². The van der Waals surface area contributed by atoms with Gasteiger partial charge in [0.1, 0.15) is 17.3 Å². The second kappa shape index (κ2) is 6.43. The predicted octanol–water partition coefficient (Wildman–Crippen LogP) is 1.97. The number of benzene rings is 2. The summed E-state index contributed by atoms with van der Waals surface area (Å²) in [4.78, 5) is 41.3. The van der Waals surface area contributed by atoms with Gasteiger partial charge >= 0.3 is 0 Å². The van der Waals surface area contributed by atoms with Gasteiger partial charge < -0.3 is 24.8 Å². The molecule has 1 aromatic heterocycles. The second-order valence-corrected chi connectivity index (χ2v) is 7.43. The Labute approximate surface area is 170 Å². The molecule has 1 amide bonds. The molecule has 0 unspecified atom stereocenters. The fraction of sp³-hybridized carbons (Fsp3) is 0.227. The summed E-state index contributed by atoms with van der Waals surface area (Å²) in [5.74, 6) is -2.77. The molecule has 1 aliphatic heterocycles. The van der Waals surface area contributed by atoms with E-state index < -0.39 is 29.0 Å². The molecule has 1 saturated heterocycles. The van der Waals surface area contributed by atoms with Gasteiger partial charge in [-0.15, -0.1) is 0 Å². The van der Waals surface area contributed by atoms with Gasteiger partial charge in [0, 0.05) is 37.0 Å². The first-order chi connectivity index (χ1) is 14.4. The lowest BCUT2D eigenvalue weighted by Crippen LogP contribution is -2.46. The van der Waals surface area contributed by atoms with Crippen molar-refractivity contribution in [1.29, 1.82) is 0 Å². The highest BCUT2D eigenvalue weighted by atomic mass is 16.4. The average molecular weight is 406 g/mol. The van der Waals surface area contributed by atoms with Crippen molar-refractivity contribution in [3.63, 3.8) is 0 Å². The van der Waals surface area contributed by atoms with E-state index >= 15 is 0 Å².